The van der Waals surface area contributed by atoms with Crippen molar-refractivity contribution >= 4 is 44.8 Å². The van der Waals surface area contributed by atoms with Crippen molar-refractivity contribution in [1.29, 1.82) is 0 Å². The largest absolute Gasteiger partial charge is 0.466 e. The normalized spacial score (nSPS) is 9.27. The Bertz CT molecular complexity index is 147. The Labute approximate surface area is 80.9 Å². The molecule has 64 valence electrons. The first-order chi connectivity index (χ1) is 5.20. The molecule has 0 aliphatic heterocycles. The number of hydrogen-bond acceptors (Lipinski definition) is 5. The molecule has 0 aliphatic rings. The summed E-state index contributed by atoms with van der Waals surface area (Å²) in [4.78, 5) is 10.7. The molecule has 0 aromatic carbocycles. The van der Waals surface area contributed by atoms with Crippen LogP contribution in [0.15, 0.2) is 0 Å². The van der Waals surface area contributed by atoms with Gasteiger partial charge in [0.25, 0.3) is 0 Å². The minimum Gasteiger partial charge on any atom is -0.466 e. The summed E-state index contributed by atoms with van der Waals surface area (Å²) in [7, 11) is 1.20. The highest BCUT2D eigenvalue weighted by molar-refractivity contribution is 8.76. The molecule has 0 heterocycles. The molecular weight excluding hydrogens is 200 g/mol. The first-order valence-electron chi connectivity index (χ1n) is 3.20. The number of thiol groups is 1. The summed E-state index contributed by atoms with van der Waals surface area (Å²) >= 11 is 8.73. The molecule has 11 heavy (non-hydrogen) atoms. The van der Waals surface area contributed by atoms with Gasteiger partial charge in [-0.05, 0) is 13.3 Å². The van der Waals surface area contributed by atoms with Crippen LogP contribution in [0.25, 0.3) is 0 Å². The van der Waals surface area contributed by atoms with Crippen molar-refractivity contribution in [2.24, 2.45) is 0 Å². The molecule has 0 aromatic rings. The van der Waals surface area contributed by atoms with E-state index < -0.39 is 0 Å². The van der Waals surface area contributed by atoms with Gasteiger partial charge < -0.3 is 4.74 Å². The van der Waals surface area contributed by atoms with E-state index in [1.165, 1.54) is 10.8 Å². The maximum Gasteiger partial charge on any atom is 0.306 e. The second kappa shape index (κ2) is 6.94. The standard InChI is InChI=1S/C6H10O2S3/c1-2-8-5(7)3-4-6(9)11-10/h10H,2-4H2,1H3. The van der Waals surface area contributed by atoms with Gasteiger partial charge in [0.2, 0.25) is 0 Å². The Morgan fingerprint density at radius 1 is 1.64 bits per heavy atom. The molecule has 0 N–H and O–H groups in total. The van der Waals surface area contributed by atoms with Crippen molar-refractivity contribution in [2.45, 2.75) is 19.8 Å². The van der Waals surface area contributed by atoms with Crippen LogP contribution in [0, 0.1) is 0 Å². The van der Waals surface area contributed by atoms with Crippen molar-refractivity contribution in [1.82, 2.24) is 0 Å². The van der Waals surface area contributed by atoms with Crippen LogP contribution < -0.4 is 0 Å². The lowest BCUT2D eigenvalue weighted by molar-refractivity contribution is -0.142. The van der Waals surface area contributed by atoms with E-state index in [4.69, 9.17) is 17.0 Å². The van der Waals surface area contributed by atoms with Crippen LogP contribution in [0.3, 0.4) is 0 Å². The van der Waals surface area contributed by atoms with Crippen LogP contribution >= 0.6 is 34.7 Å². The fraction of sp³-hybridized carbons (Fsp3) is 0.667. The van der Waals surface area contributed by atoms with Gasteiger partial charge in [0.05, 0.1) is 17.2 Å². The van der Waals surface area contributed by atoms with Gasteiger partial charge in [-0.1, -0.05) is 23.0 Å². The van der Waals surface area contributed by atoms with Crippen LogP contribution in [-0.4, -0.2) is 16.8 Å². The van der Waals surface area contributed by atoms with Gasteiger partial charge in [-0.15, -0.1) is 11.7 Å². The Morgan fingerprint density at radius 3 is 2.73 bits per heavy atom. The maximum absolute atomic E-state index is 10.7. The highest BCUT2D eigenvalue weighted by Gasteiger charge is 2.03. The second-order valence-electron chi connectivity index (χ2n) is 1.77. The molecule has 0 bridgehead atoms. The molecule has 0 radical (unpaired) electrons. The third kappa shape index (κ3) is 6.65. The van der Waals surface area contributed by atoms with E-state index in [0.29, 0.717) is 19.4 Å². The number of thiocarbonyl (C=S) groups is 1. The third-order valence-corrected chi connectivity index (χ3v) is 2.83. The summed E-state index contributed by atoms with van der Waals surface area (Å²) in [5.41, 5.74) is 0. The fourth-order valence-corrected chi connectivity index (χ4v) is 1.05. The van der Waals surface area contributed by atoms with E-state index in [1.807, 2.05) is 0 Å². The Kier molecular flexibility index (Phi) is 7.10. The Balaban J connectivity index is 3.38. The summed E-state index contributed by atoms with van der Waals surface area (Å²) in [6.07, 6.45) is 0.933. The first kappa shape index (κ1) is 11.3. The van der Waals surface area contributed by atoms with Crippen molar-refractivity contribution in [3.63, 3.8) is 0 Å². The molecule has 5 heteroatoms. The third-order valence-electron chi connectivity index (χ3n) is 0.940. The molecule has 0 spiro atoms. The number of carbonyl (C=O) groups excluding carboxylic acids is 1. The number of carbonyl (C=O) groups is 1. The predicted molar refractivity (Wildman–Crippen MR) is 55.0 cm³/mol. The average Bonchev–Trinajstić information content (AvgIpc) is 2.01. The molecule has 0 saturated carbocycles. The van der Waals surface area contributed by atoms with E-state index in [9.17, 15) is 4.79 Å². The van der Waals surface area contributed by atoms with E-state index in [2.05, 4.69) is 11.7 Å². The van der Waals surface area contributed by atoms with Gasteiger partial charge in [-0.25, -0.2) is 0 Å². The molecule has 2 nitrogen and oxygen atoms in total. The van der Waals surface area contributed by atoms with Crippen molar-refractivity contribution < 1.29 is 9.53 Å². The fourth-order valence-electron chi connectivity index (χ4n) is 0.483. The summed E-state index contributed by atoms with van der Waals surface area (Å²) in [5.74, 6) is -0.197. The maximum atomic E-state index is 10.7. The minimum atomic E-state index is -0.197. The van der Waals surface area contributed by atoms with Crippen LogP contribution in [0.5, 0.6) is 0 Å². The zero-order valence-corrected chi connectivity index (χ0v) is 8.73. The van der Waals surface area contributed by atoms with Gasteiger partial charge >= 0.3 is 5.97 Å². The molecule has 0 rings (SSSR count). The lowest BCUT2D eigenvalue weighted by atomic mass is 10.3. The molecule has 0 fully saturated rings. The Hall–Kier alpha value is 0.260. The topological polar surface area (TPSA) is 26.3 Å². The van der Waals surface area contributed by atoms with E-state index in [-0.39, 0.29) is 5.97 Å². The molecular formula is C6H10O2S3. The second-order valence-corrected chi connectivity index (χ2v) is 3.74. The summed E-state index contributed by atoms with van der Waals surface area (Å²) in [6, 6.07) is 0. The summed E-state index contributed by atoms with van der Waals surface area (Å²) in [6.45, 7) is 2.21. The monoisotopic (exact) mass is 210 g/mol. The predicted octanol–water partition coefficient (Wildman–Crippen LogP) is 2.24. The van der Waals surface area contributed by atoms with Crippen molar-refractivity contribution in [3.8, 4) is 0 Å². The average molecular weight is 210 g/mol. The minimum absolute atomic E-state index is 0.197. The van der Waals surface area contributed by atoms with Crippen LogP contribution in [-0.2, 0) is 9.53 Å². The van der Waals surface area contributed by atoms with E-state index >= 15 is 0 Å². The SMILES string of the molecule is CCOC(=O)CCC(=S)SS. The lowest BCUT2D eigenvalue weighted by Gasteiger charge is -1.99. The lowest BCUT2D eigenvalue weighted by Crippen LogP contribution is -2.04. The molecule has 0 unspecified atom stereocenters. The van der Waals surface area contributed by atoms with Crippen molar-refractivity contribution in [3.05, 3.63) is 0 Å². The van der Waals surface area contributed by atoms with Gasteiger partial charge in [0.1, 0.15) is 0 Å². The smallest absolute Gasteiger partial charge is 0.306 e. The highest BCUT2D eigenvalue weighted by atomic mass is 33.1. The van der Waals surface area contributed by atoms with E-state index in [0.717, 1.165) is 4.20 Å². The zero-order valence-electron chi connectivity index (χ0n) is 6.20. The first-order valence-corrected chi connectivity index (χ1v) is 5.48. The van der Waals surface area contributed by atoms with Crippen LogP contribution in [0.1, 0.15) is 19.8 Å². The molecule has 0 amide bonds. The molecule has 0 saturated heterocycles. The highest BCUT2D eigenvalue weighted by Crippen LogP contribution is 2.13. The number of rotatable bonds is 4. The van der Waals surface area contributed by atoms with E-state index in [1.54, 1.807) is 6.92 Å². The number of esters is 1. The van der Waals surface area contributed by atoms with Crippen LogP contribution in [0.4, 0.5) is 0 Å². The summed E-state index contributed by atoms with van der Waals surface area (Å²) < 4.78 is 5.43. The van der Waals surface area contributed by atoms with Crippen molar-refractivity contribution in [2.75, 3.05) is 6.61 Å². The zero-order chi connectivity index (χ0) is 8.69. The van der Waals surface area contributed by atoms with Gasteiger partial charge in [-0.3, -0.25) is 4.79 Å². The Morgan fingerprint density at radius 2 is 2.27 bits per heavy atom. The van der Waals surface area contributed by atoms with Gasteiger partial charge in [0.15, 0.2) is 0 Å². The summed E-state index contributed by atoms with van der Waals surface area (Å²) in [5, 5.41) is 0. The quantitative estimate of drug-likeness (QED) is 0.333. The molecule has 0 aliphatic carbocycles. The number of ether oxygens (including phenoxy) is 1. The van der Waals surface area contributed by atoms with Gasteiger partial charge in [0, 0.05) is 0 Å². The number of hydrogen-bond donors (Lipinski definition) is 1. The van der Waals surface area contributed by atoms with Gasteiger partial charge in [-0.2, -0.15) is 0 Å². The molecule has 0 atom stereocenters. The molecule has 0 aromatic heterocycles. The van der Waals surface area contributed by atoms with Crippen LogP contribution in [0.2, 0.25) is 0 Å².